The summed E-state index contributed by atoms with van der Waals surface area (Å²) in [6, 6.07) is 14.8. The number of phenolic OH excluding ortho intramolecular Hbond substituents is 1. The van der Waals surface area contributed by atoms with Crippen molar-refractivity contribution in [1.82, 2.24) is 20.1 Å². The first kappa shape index (κ1) is 24.6. The molecule has 0 radical (unpaired) electrons. The lowest BCUT2D eigenvalue weighted by Crippen LogP contribution is -2.31. The molecule has 1 aromatic heterocycles. The number of hydrogen-bond donors (Lipinski definition) is 3. The number of hydrogen-bond acceptors (Lipinski definition) is 6. The minimum Gasteiger partial charge on any atom is -0.507 e. The quantitative estimate of drug-likeness (QED) is 0.342. The van der Waals surface area contributed by atoms with E-state index in [9.17, 15) is 19.5 Å². The molecule has 4 aromatic rings. The van der Waals surface area contributed by atoms with Crippen molar-refractivity contribution in [3.05, 3.63) is 108 Å². The average Bonchev–Trinajstić information content (AvgIpc) is 2.87. The van der Waals surface area contributed by atoms with E-state index < -0.39 is 17.2 Å². The maximum absolute atomic E-state index is 13.1. The lowest BCUT2D eigenvalue weighted by molar-refractivity contribution is 0.0929. The molecule has 3 aromatic carbocycles. The monoisotopic (exact) mass is 538 g/mol. The fourth-order valence-electron chi connectivity index (χ4n) is 4.32. The molecule has 5 rings (SSSR count). The third kappa shape index (κ3) is 5.09. The maximum atomic E-state index is 13.1. The van der Waals surface area contributed by atoms with Gasteiger partial charge in [-0.3, -0.25) is 14.6 Å². The molecule has 1 heterocycles. The predicted molar refractivity (Wildman–Crippen MR) is 138 cm³/mol. The van der Waals surface area contributed by atoms with Gasteiger partial charge in [-0.25, -0.2) is 4.79 Å². The number of amides is 1. The molecule has 0 saturated heterocycles. The van der Waals surface area contributed by atoms with Crippen LogP contribution in [0.25, 0.3) is 5.69 Å². The van der Waals surface area contributed by atoms with Gasteiger partial charge in [0.25, 0.3) is 11.5 Å². The number of aromatic amines is 1. The number of aryl methyl sites for hydroxylation is 1. The van der Waals surface area contributed by atoms with Crippen molar-refractivity contribution in [3.8, 4) is 22.9 Å². The Balaban J connectivity index is 1.40. The molecule has 1 aliphatic rings. The van der Waals surface area contributed by atoms with Gasteiger partial charge in [-0.2, -0.15) is 9.78 Å². The number of nitrogens with zero attached hydrogens (tertiary/aromatic N) is 2. The lowest BCUT2D eigenvalue weighted by Gasteiger charge is -2.26. The standard InChI is InChI=1S/C26H20Cl2N4O5/c27-19-10-15(32-26(36)31-23(34)13-29-32)11-20(28)24(19)37-16-8-9-22(33)18(12-16)25(35)30-21-7-3-5-14-4-1-2-6-17(14)21/h1-2,4,6,8-13,21,33H,3,5,7H2,(H,30,35)(H,31,34,36). The van der Waals surface area contributed by atoms with Crippen LogP contribution in [0.2, 0.25) is 10.0 Å². The summed E-state index contributed by atoms with van der Waals surface area (Å²) in [4.78, 5) is 38.5. The zero-order chi connectivity index (χ0) is 26.1. The van der Waals surface area contributed by atoms with Crippen LogP contribution in [-0.4, -0.2) is 25.8 Å². The molecule has 188 valence electrons. The van der Waals surface area contributed by atoms with E-state index in [1.54, 1.807) is 0 Å². The van der Waals surface area contributed by atoms with Crippen LogP contribution in [0.5, 0.6) is 17.2 Å². The highest BCUT2D eigenvalue weighted by Crippen LogP contribution is 2.39. The summed E-state index contributed by atoms with van der Waals surface area (Å²) in [5.74, 6) is -0.364. The van der Waals surface area contributed by atoms with Gasteiger partial charge in [0.1, 0.15) is 17.7 Å². The van der Waals surface area contributed by atoms with Crippen LogP contribution < -0.4 is 21.3 Å². The molecular formula is C26H20Cl2N4O5. The van der Waals surface area contributed by atoms with E-state index >= 15 is 0 Å². The number of benzene rings is 3. The molecule has 1 aliphatic carbocycles. The van der Waals surface area contributed by atoms with Gasteiger partial charge in [-0.15, -0.1) is 0 Å². The number of carbonyl (C=O) groups is 1. The van der Waals surface area contributed by atoms with Crippen molar-refractivity contribution in [1.29, 1.82) is 0 Å². The van der Waals surface area contributed by atoms with Gasteiger partial charge >= 0.3 is 5.69 Å². The van der Waals surface area contributed by atoms with Crippen LogP contribution in [-0.2, 0) is 6.42 Å². The molecule has 0 aliphatic heterocycles. The highest BCUT2D eigenvalue weighted by Gasteiger charge is 2.24. The maximum Gasteiger partial charge on any atom is 0.349 e. The molecule has 0 saturated carbocycles. The third-order valence-corrected chi connectivity index (χ3v) is 6.61. The first-order chi connectivity index (χ1) is 17.8. The Bertz CT molecular complexity index is 1610. The van der Waals surface area contributed by atoms with Gasteiger partial charge in [-0.1, -0.05) is 47.5 Å². The second-order valence-corrected chi connectivity index (χ2v) is 9.30. The molecule has 0 fully saturated rings. The van der Waals surface area contributed by atoms with Crippen LogP contribution >= 0.6 is 23.2 Å². The Hall–Kier alpha value is -4.08. The van der Waals surface area contributed by atoms with Gasteiger partial charge in [0, 0.05) is 0 Å². The highest BCUT2D eigenvalue weighted by molar-refractivity contribution is 6.37. The van der Waals surface area contributed by atoms with Gasteiger partial charge < -0.3 is 15.2 Å². The minimum absolute atomic E-state index is 0.0356. The number of ether oxygens (including phenoxy) is 1. The largest absolute Gasteiger partial charge is 0.507 e. The summed E-state index contributed by atoms with van der Waals surface area (Å²) in [5, 5.41) is 17.3. The predicted octanol–water partition coefficient (Wildman–Crippen LogP) is 4.53. The number of aromatic nitrogens is 3. The smallest absolute Gasteiger partial charge is 0.349 e. The van der Waals surface area contributed by atoms with E-state index in [0.29, 0.717) is 0 Å². The Morgan fingerprint density at radius 2 is 1.86 bits per heavy atom. The summed E-state index contributed by atoms with van der Waals surface area (Å²) >= 11 is 12.8. The molecule has 3 N–H and O–H groups in total. The number of rotatable bonds is 5. The fraction of sp³-hybridized carbons (Fsp3) is 0.154. The van der Waals surface area contributed by atoms with Gasteiger partial charge in [0.15, 0.2) is 5.75 Å². The van der Waals surface area contributed by atoms with E-state index in [1.807, 2.05) is 18.2 Å². The Labute approximate surface area is 220 Å². The van der Waals surface area contributed by atoms with Crippen LogP contribution in [0, 0.1) is 0 Å². The van der Waals surface area contributed by atoms with Crippen molar-refractivity contribution < 1.29 is 14.6 Å². The molecule has 0 spiro atoms. The first-order valence-electron chi connectivity index (χ1n) is 11.4. The summed E-state index contributed by atoms with van der Waals surface area (Å²) < 4.78 is 6.78. The minimum atomic E-state index is -0.761. The Kier molecular flexibility index (Phi) is 6.73. The van der Waals surface area contributed by atoms with Crippen LogP contribution in [0.3, 0.4) is 0 Å². The van der Waals surface area contributed by atoms with E-state index in [2.05, 4.69) is 21.5 Å². The van der Waals surface area contributed by atoms with E-state index in [0.717, 1.165) is 35.7 Å². The molecule has 11 heteroatoms. The van der Waals surface area contributed by atoms with Gasteiger partial charge in [-0.05, 0) is 60.7 Å². The van der Waals surface area contributed by atoms with E-state index in [4.69, 9.17) is 27.9 Å². The number of carbonyl (C=O) groups excluding carboxylic acids is 1. The molecule has 1 atom stereocenters. The van der Waals surface area contributed by atoms with Crippen LogP contribution in [0.15, 0.2) is 70.4 Å². The zero-order valence-electron chi connectivity index (χ0n) is 19.2. The fourth-order valence-corrected chi connectivity index (χ4v) is 4.87. The number of fused-ring (bicyclic) bond motifs is 1. The molecule has 0 bridgehead atoms. The van der Waals surface area contributed by atoms with Crippen molar-refractivity contribution in [2.45, 2.75) is 25.3 Å². The van der Waals surface area contributed by atoms with E-state index in [-0.39, 0.29) is 44.6 Å². The average molecular weight is 539 g/mol. The van der Waals surface area contributed by atoms with Crippen molar-refractivity contribution in [2.75, 3.05) is 0 Å². The topological polar surface area (TPSA) is 126 Å². The Morgan fingerprint density at radius 3 is 2.62 bits per heavy atom. The second kappa shape index (κ2) is 10.1. The molecule has 1 unspecified atom stereocenters. The number of phenols is 1. The summed E-state index contributed by atoms with van der Waals surface area (Å²) in [5.41, 5.74) is 1.12. The molecule has 9 nitrogen and oxygen atoms in total. The highest BCUT2D eigenvalue weighted by atomic mass is 35.5. The Morgan fingerprint density at radius 1 is 1.11 bits per heavy atom. The number of halogens is 2. The molecule has 37 heavy (non-hydrogen) atoms. The van der Waals surface area contributed by atoms with Gasteiger partial charge in [0.2, 0.25) is 0 Å². The van der Waals surface area contributed by atoms with Crippen molar-refractivity contribution in [2.24, 2.45) is 0 Å². The molecule has 1 amide bonds. The van der Waals surface area contributed by atoms with E-state index in [1.165, 1.54) is 35.9 Å². The third-order valence-electron chi connectivity index (χ3n) is 6.05. The number of nitrogens with one attached hydrogen (secondary N) is 2. The van der Waals surface area contributed by atoms with Gasteiger partial charge in [0.05, 0.1) is 27.3 Å². The lowest BCUT2D eigenvalue weighted by atomic mass is 9.87. The normalized spacial score (nSPS) is 14.6. The van der Waals surface area contributed by atoms with Crippen LogP contribution in [0.4, 0.5) is 0 Å². The van der Waals surface area contributed by atoms with Crippen LogP contribution in [0.1, 0.15) is 40.4 Å². The molecular weight excluding hydrogens is 519 g/mol. The second-order valence-electron chi connectivity index (χ2n) is 8.49. The van der Waals surface area contributed by atoms with Crippen molar-refractivity contribution >= 4 is 29.1 Å². The number of aromatic hydroxyl groups is 1. The zero-order valence-corrected chi connectivity index (χ0v) is 20.7. The summed E-state index contributed by atoms with van der Waals surface area (Å²) in [6.45, 7) is 0. The van der Waals surface area contributed by atoms with Crippen molar-refractivity contribution in [3.63, 3.8) is 0 Å². The number of H-pyrrole nitrogens is 1. The first-order valence-corrected chi connectivity index (χ1v) is 12.1. The SMILES string of the molecule is O=C(NC1CCCc2ccccc21)c1cc(Oc2c(Cl)cc(-n3ncc(=O)[nH]c3=O)cc2Cl)ccc1O. The summed E-state index contributed by atoms with van der Waals surface area (Å²) in [7, 11) is 0. The summed E-state index contributed by atoms with van der Waals surface area (Å²) in [6.07, 6.45) is 3.65.